The molecule has 0 aromatic carbocycles. The highest BCUT2D eigenvalue weighted by Crippen LogP contribution is 2.20. The first-order valence-corrected chi connectivity index (χ1v) is 9.95. The summed E-state index contributed by atoms with van der Waals surface area (Å²) < 4.78 is 0.946. The molecule has 0 aromatic rings. The summed E-state index contributed by atoms with van der Waals surface area (Å²) >= 11 is 0. The molecule has 23 heavy (non-hydrogen) atoms. The van der Waals surface area contributed by atoms with Crippen LogP contribution in [0, 0.1) is 0 Å². The molecule has 1 heterocycles. The summed E-state index contributed by atoms with van der Waals surface area (Å²) in [5, 5.41) is 9.33. The fraction of sp³-hybridized carbons (Fsp3) is 0.850. The van der Waals surface area contributed by atoms with Crippen molar-refractivity contribution in [3.05, 3.63) is 12.2 Å². The summed E-state index contributed by atoms with van der Waals surface area (Å²) in [6, 6.07) is 0. The molecule has 0 radical (unpaired) electrons. The van der Waals surface area contributed by atoms with Gasteiger partial charge in [0.25, 0.3) is 0 Å². The Kier molecular flexibility index (Phi) is 11.3. The number of aliphatic hydroxyl groups is 1. The van der Waals surface area contributed by atoms with Gasteiger partial charge in [-0.2, -0.15) is 0 Å². The molecule has 0 aliphatic carbocycles. The second-order valence-corrected chi connectivity index (χ2v) is 6.82. The van der Waals surface area contributed by atoms with E-state index in [2.05, 4.69) is 26.0 Å². The van der Waals surface area contributed by atoms with Crippen molar-refractivity contribution in [3.63, 3.8) is 0 Å². The number of unbranched alkanes of at least 4 members (excludes halogenated alkanes) is 7. The molecule has 0 amide bonds. The molecular formula is C20H39N2O+. The molecule has 1 N–H and O–H groups in total. The first kappa shape index (κ1) is 20.4. The van der Waals surface area contributed by atoms with Crippen LogP contribution in [0.25, 0.3) is 0 Å². The van der Waals surface area contributed by atoms with Crippen molar-refractivity contribution in [2.75, 3.05) is 32.8 Å². The third-order valence-corrected chi connectivity index (χ3v) is 5.18. The molecule has 3 nitrogen and oxygen atoms in total. The molecule has 1 rings (SSSR count). The first-order valence-electron chi connectivity index (χ1n) is 9.95. The molecular weight excluding hydrogens is 284 g/mol. The van der Waals surface area contributed by atoms with E-state index < -0.39 is 0 Å². The standard InChI is InChI=1S/C20H39N2O/c1-3-5-6-7-8-9-10-11-12-13-14-15-20-21-16-17-22(20,4-2)18-19-23/h5-6,23H,3-4,7-19H2,1-2H3/q+1/b6-5+. The summed E-state index contributed by atoms with van der Waals surface area (Å²) in [6.45, 7) is 8.68. The number of hydrogen-bond acceptors (Lipinski definition) is 2. The topological polar surface area (TPSA) is 32.6 Å². The molecule has 1 atom stereocenters. The van der Waals surface area contributed by atoms with E-state index in [0.717, 1.165) is 37.1 Å². The maximum absolute atomic E-state index is 9.33. The van der Waals surface area contributed by atoms with Crippen molar-refractivity contribution >= 4 is 5.84 Å². The lowest BCUT2D eigenvalue weighted by atomic mass is 10.1. The summed E-state index contributed by atoms with van der Waals surface area (Å²) in [4.78, 5) is 4.73. The summed E-state index contributed by atoms with van der Waals surface area (Å²) in [6.07, 6.45) is 17.6. The maximum atomic E-state index is 9.33. The number of hydrogen-bond donors (Lipinski definition) is 1. The van der Waals surface area contributed by atoms with E-state index in [1.807, 2.05) is 0 Å². The van der Waals surface area contributed by atoms with Gasteiger partial charge in [0.05, 0.1) is 19.7 Å². The SMILES string of the molecule is CC/C=C/CCCCCCCCCC1=NCC[N+]1(CC)CCO. The largest absolute Gasteiger partial charge is 0.390 e. The lowest BCUT2D eigenvalue weighted by Gasteiger charge is -2.33. The zero-order valence-corrected chi connectivity index (χ0v) is 15.6. The number of likely N-dealkylation sites (N-methyl/N-ethyl adjacent to an activating group) is 1. The Labute approximate surface area is 144 Å². The van der Waals surface area contributed by atoms with E-state index in [1.165, 1.54) is 63.6 Å². The Balaban J connectivity index is 2.03. The van der Waals surface area contributed by atoms with Crippen LogP contribution in [0.4, 0.5) is 0 Å². The normalized spacial score (nSPS) is 21.3. The molecule has 1 aliphatic heterocycles. The Hall–Kier alpha value is -0.670. The fourth-order valence-electron chi connectivity index (χ4n) is 3.61. The first-order chi connectivity index (χ1) is 11.3. The monoisotopic (exact) mass is 323 g/mol. The minimum Gasteiger partial charge on any atom is -0.390 e. The van der Waals surface area contributed by atoms with Gasteiger partial charge in [0.2, 0.25) is 0 Å². The van der Waals surface area contributed by atoms with Crippen LogP contribution in [0.5, 0.6) is 0 Å². The van der Waals surface area contributed by atoms with Crippen LogP contribution in [-0.4, -0.2) is 48.2 Å². The number of allylic oxidation sites excluding steroid dienone is 2. The summed E-state index contributed by atoms with van der Waals surface area (Å²) in [5.74, 6) is 1.35. The van der Waals surface area contributed by atoms with Crippen LogP contribution < -0.4 is 0 Å². The predicted molar refractivity (Wildman–Crippen MR) is 101 cm³/mol. The van der Waals surface area contributed by atoms with Gasteiger partial charge in [-0.25, -0.2) is 4.99 Å². The predicted octanol–water partition coefficient (Wildman–Crippen LogP) is 4.70. The third kappa shape index (κ3) is 7.63. The maximum Gasteiger partial charge on any atom is 0.198 e. The third-order valence-electron chi connectivity index (χ3n) is 5.18. The smallest absolute Gasteiger partial charge is 0.198 e. The second-order valence-electron chi connectivity index (χ2n) is 6.82. The summed E-state index contributed by atoms with van der Waals surface area (Å²) in [7, 11) is 0. The average molecular weight is 324 g/mol. The quantitative estimate of drug-likeness (QED) is 0.280. The van der Waals surface area contributed by atoms with E-state index in [9.17, 15) is 5.11 Å². The number of aliphatic imine (C=N–C) groups is 1. The van der Waals surface area contributed by atoms with Crippen molar-refractivity contribution in [2.45, 2.75) is 78.1 Å². The lowest BCUT2D eigenvalue weighted by Crippen LogP contribution is -2.52. The van der Waals surface area contributed by atoms with Crippen LogP contribution in [0.15, 0.2) is 17.1 Å². The van der Waals surface area contributed by atoms with E-state index in [4.69, 9.17) is 4.99 Å². The van der Waals surface area contributed by atoms with Gasteiger partial charge >= 0.3 is 0 Å². The molecule has 134 valence electrons. The van der Waals surface area contributed by atoms with Crippen molar-refractivity contribution in [1.82, 2.24) is 0 Å². The van der Waals surface area contributed by atoms with Gasteiger partial charge in [-0.15, -0.1) is 0 Å². The molecule has 0 saturated heterocycles. The molecule has 3 heteroatoms. The van der Waals surface area contributed by atoms with Gasteiger partial charge in [0.1, 0.15) is 13.1 Å². The zero-order valence-electron chi connectivity index (χ0n) is 15.6. The van der Waals surface area contributed by atoms with Crippen LogP contribution in [0.2, 0.25) is 0 Å². The van der Waals surface area contributed by atoms with Crippen molar-refractivity contribution < 1.29 is 9.59 Å². The van der Waals surface area contributed by atoms with Gasteiger partial charge < -0.3 is 5.11 Å². The number of aliphatic hydroxyl groups excluding tert-OH is 1. The van der Waals surface area contributed by atoms with E-state index >= 15 is 0 Å². The van der Waals surface area contributed by atoms with Crippen LogP contribution in [-0.2, 0) is 0 Å². The minimum atomic E-state index is 0.278. The second kappa shape index (κ2) is 12.7. The highest BCUT2D eigenvalue weighted by Gasteiger charge is 2.35. The van der Waals surface area contributed by atoms with Gasteiger partial charge in [0, 0.05) is 6.42 Å². The van der Waals surface area contributed by atoms with Crippen molar-refractivity contribution in [1.29, 1.82) is 0 Å². The molecule has 0 aromatic heterocycles. The molecule has 0 fully saturated rings. The van der Waals surface area contributed by atoms with Gasteiger partial charge in [0.15, 0.2) is 5.84 Å². The van der Waals surface area contributed by atoms with E-state index in [0.29, 0.717) is 0 Å². The van der Waals surface area contributed by atoms with Crippen molar-refractivity contribution in [2.24, 2.45) is 4.99 Å². The lowest BCUT2D eigenvalue weighted by molar-refractivity contribution is -0.835. The molecule has 1 aliphatic rings. The summed E-state index contributed by atoms with van der Waals surface area (Å²) in [5.41, 5.74) is 0. The molecule has 0 saturated carbocycles. The minimum absolute atomic E-state index is 0.278. The Morgan fingerprint density at radius 3 is 2.35 bits per heavy atom. The average Bonchev–Trinajstić information content (AvgIpc) is 2.96. The molecule has 0 spiro atoms. The number of rotatable bonds is 14. The van der Waals surface area contributed by atoms with Gasteiger partial charge in [-0.3, -0.25) is 4.48 Å². The van der Waals surface area contributed by atoms with E-state index in [1.54, 1.807) is 0 Å². The van der Waals surface area contributed by atoms with Gasteiger partial charge in [-0.1, -0.05) is 51.2 Å². The number of amidine groups is 1. The van der Waals surface area contributed by atoms with Crippen molar-refractivity contribution in [3.8, 4) is 0 Å². The van der Waals surface area contributed by atoms with Crippen LogP contribution in [0.1, 0.15) is 78.1 Å². The Bertz CT molecular complexity index is 352. The van der Waals surface area contributed by atoms with Gasteiger partial charge in [-0.05, 0) is 32.6 Å². The zero-order chi connectivity index (χ0) is 16.8. The number of quaternary nitrogens is 1. The molecule has 1 unspecified atom stereocenters. The highest BCUT2D eigenvalue weighted by molar-refractivity contribution is 5.76. The Morgan fingerprint density at radius 1 is 1.00 bits per heavy atom. The van der Waals surface area contributed by atoms with Crippen LogP contribution in [0.3, 0.4) is 0 Å². The van der Waals surface area contributed by atoms with E-state index in [-0.39, 0.29) is 6.61 Å². The highest BCUT2D eigenvalue weighted by atomic mass is 16.3. The number of nitrogens with zero attached hydrogens (tertiary/aromatic N) is 2. The fourth-order valence-corrected chi connectivity index (χ4v) is 3.61. The Morgan fingerprint density at radius 2 is 1.70 bits per heavy atom. The van der Waals surface area contributed by atoms with Crippen LogP contribution >= 0.6 is 0 Å². The molecule has 0 bridgehead atoms.